The van der Waals surface area contributed by atoms with Gasteiger partial charge in [0.25, 0.3) is 0 Å². The summed E-state index contributed by atoms with van der Waals surface area (Å²) in [6, 6.07) is 4.91. The summed E-state index contributed by atoms with van der Waals surface area (Å²) in [5.41, 5.74) is 0.256. The van der Waals surface area contributed by atoms with Crippen molar-refractivity contribution in [2.45, 2.75) is 0 Å². The van der Waals surface area contributed by atoms with Crippen LogP contribution in [0.3, 0.4) is 0 Å². The molecule has 1 aromatic heterocycles. The van der Waals surface area contributed by atoms with Crippen molar-refractivity contribution in [2.75, 3.05) is 25.1 Å². The number of hydrogen-bond acceptors (Lipinski definition) is 6. The second-order valence-electron chi connectivity index (χ2n) is 4.27. The Morgan fingerprint density at radius 2 is 2.22 bits per heavy atom. The normalized spacial score (nSPS) is 10.2. The van der Waals surface area contributed by atoms with E-state index in [9.17, 15) is 4.79 Å². The fourth-order valence-electron chi connectivity index (χ4n) is 1.56. The minimum atomic E-state index is -0.501. The van der Waals surface area contributed by atoms with E-state index in [2.05, 4.69) is 16.9 Å². The number of rotatable bonds is 8. The van der Waals surface area contributed by atoms with E-state index >= 15 is 0 Å². The Bertz CT molecular complexity index is 691. The van der Waals surface area contributed by atoms with Gasteiger partial charge in [-0.3, -0.25) is 0 Å². The van der Waals surface area contributed by atoms with Crippen LogP contribution in [0.4, 0.5) is 5.13 Å². The van der Waals surface area contributed by atoms with Gasteiger partial charge in [-0.05, 0) is 18.2 Å². The van der Waals surface area contributed by atoms with E-state index in [-0.39, 0.29) is 18.9 Å². The van der Waals surface area contributed by atoms with Crippen LogP contribution in [0, 0.1) is 0 Å². The summed E-state index contributed by atoms with van der Waals surface area (Å²) in [4.78, 5) is 15.9. The van der Waals surface area contributed by atoms with Crippen LogP contribution in [-0.4, -0.2) is 30.7 Å². The molecule has 0 amide bonds. The summed E-state index contributed by atoms with van der Waals surface area (Å²) in [7, 11) is 0. The van der Waals surface area contributed by atoms with Crippen molar-refractivity contribution in [3.63, 3.8) is 0 Å². The van der Waals surface area contributed by atoms with Gasteiger partial charge in [-0.25, -0.2) is 9.78 Å². The van der Waals surface area contributed by atoms with Gasteiger partial charge in [-0.15, -0.1) is 17.9 Å². The number of esters is 1. The number of nitrogens with zero attached hydrogens (tertiary/aromatic N) is 1. The van der Waals surface area contributed by atoms with Crippen molar-refractivity contribution >= 4 is 45.6 Å². The number of benzene rings is 1. The fourth-order valence-corrected chi connectivity index (χ4v) is 2.71. The molecule has 122 valence electrons. The maximum absolute atomic E-state index is 11.8. The summed E-state index contributed by atoms with van der Waals surface area (Å²) >= 11 is 13.1. The second-order valence-corrected chi connectivity index (χ2v) is 5.97. The summed E-state index contributed by atoms with van der Waals surface area (Å²) in [5, 5.41) is 6.20. The molecule has 0 saturated carbocycles. The average molecular weight is 373 g/mol. The van der Waals surface area contributed by atoms with Crippen LogP contribution in [0.2, 0.25) is 10.0 Å². The fraction of sp³-hybridized carbons (Fsp3) is 0.200. The van der Waals surface area contributed by atoms with E-state index in [1.165, 1.54) is 11.3 Å². The molecule has 0 aliphatic carbocycles. The van der Waals surface area contributed by atoms with Crippen molar-refractivity contribution in [3.8, 4) is 5.75 Å². The first kappa shape index (κ1) is 17.6. The van der Waals surface area contributed by atoms with Gasteiger partial charge in [0, 0.05) is 16.9 Å². The molecule has 1 N–H and O–H groups in total. The van der Waals surface area contributed by atoms with Crippen LogP contribution >= 0.6 is 34.5 Å². The highest BCUT2D eigenvalue weighted by atomic mass is 35.5. The summed E-state index contributed by atoms with van der Waals surface area (Å²) in [6.07, 6.45) is 1.71. The van der Waals surface area contributed by atoms with Crippen LogP contribution in [-0.2, 0) is 4.74 Å². The number of carbonyl (C=O) groups is 1. The molecular weight excluding hydrogens is 359 g/mol. The second kappa shape index (κ2) is 8.76. The zero-order valence-corrected chi connectivity index (χ0v) is 14.4. The first-order chi connectivity index (χ1) is 11.1. The van der Waals surface area contributed by atoms with Crippen molar-refractivity contribution < 1.29 is 14.3 Å². The number of anilines is 1. The Balaban J connectivity index is 1.76. The van der Waals surface area contributed by atoms with Crippen molar-refractivity contribution in [1.29, 1.82) is 0 Å². The Kier molecular flexibility index (Phi) is 6.70. The molecule has 0 unspecified atom stereocenters. The highest BCUT2D eigenvalue weighted by Crippen LogP contribution is 2.27. The largest absolute Gasteiger partial charge is 0.488 e. The van der Waals surface area contributed by atoms with Crippen LogP contribution in [0.25, 0.3) is 0 Å². The molecule has 0 radical (unpaired) electrons. The topological polar surface area (TPSA) is 60.5 Å². The first-order valence-electron chi connectivity index (χ1n) is 6.65. The first-order valence-corrected chi connectivity index (χ1v) is 8.29. The monoisotopic (exact) mass is 372 g/mol. The minimum absolute atomic E-state index is 0.0880. The quantitative estimate of drug-likeness (QED) is 0.425. The van der Waals surface area contributed by atoms with Gasteiger partial charge in [0.2, 0.25) is 0 Å². The lowest BCUT2D eigenvalue weighted by atomic mass is 10.3. The maximum Gasteiger partial charge on any atom is 0.358 e. The van der Waals surface area contributed by atoms with Gasteiger partial charge >= 0.3 is 5.97 Å². The molecule has 0 fully saturated rings. The summed E-state index contributed by atoms with van der Waals surface area (Å²) in [5.74, 6) is -0.0182. The SMILES string of the molecule is C=CCNc1nc(C(=O)OCCOc2ccc(Cl)cc2Cl)cs1. The maximum atomic E-state index is 11.8. The van der Waals surface area contributed by atoms with Crippen LogP contribution in [0.5, 0.6) is 5.75 Å². The van der Waals surface area contributed by atoms with Crippen molar-refractivity contribution in [3.05, 3.63) is 52.0 Å². The zero-order chi connectivity index (χ0) is 16.7. The van der Waals surface area contributed by atoms with Crippen LogP contribution < -0.4 is 10.1 Å². The van der Waals surface area contributed by atoms with E-state index in [4.69, 9.17) is 32.7 Å². The molecule has 1 heterocycles. The van der Waals surface area contributed by atoms with Crippen LogP contribution in [0.1, 0.15) is 10.5 Å². The number of aromatic nitrogens is 1. The molecular formula is C15H14Cl2N2O3S. The molecule has 0 atom stereocenters. The third-order valence-electron chi connectivity index (χ3n) is 2.58. The molecule has 2 aromatic rings. The predicted molar refractivity (Wildman–Crippen MR) is 93.0 cm³/mol. The Morgan fingerprint density at radius 3 is 2.96 bits per heavy atom. The standard InChI is InChI=1S/C15H14Cl2N2O3S/c1-2-5-18-15-19-12(9-23-15)14(20)22-7-6-21-13-4-3-10(16)8-11(13)17/h2-4,8-9H,1,5-7H2,(H,18,19). The van der Waals surface area contributed by atoms with E-state index in [0.717, 1.165) is 0 Å². The molecule has 5 nitrogen and oxygen atoms in total. The number of carbonyl (C=O) groups excluding carboxylic acids is 1. The Labute approximate surface area is 147 Å². The van der Waals surface area contributed by atoms with Gasteiger partial charge in [0.05, 0.1) is 5.02 Å². The predicted octanol–water partition coefficient (Wildman–Crippen LogP) is 4.28. The van der Waals surface area contributed by atoms with Gasteiger partial charge in [0.15, 0.2) is 10.8 Å². The van der Waals surface area contributed by atoms with Gasteiger partial charge in [0.1, 0.15) is 19.0 Å². The van der Waals surface area contributed by atoms with Gasteiger partial charge in [-0.1, -0.05) is 29.3 Å². The lowest BCUT2D eigenvalue weighted by Gasteiger charge is -2.08. The van der Waals surface area contributed by atoms with Crippen LogP contribution in [0.15, 0.2) is 36.2 Å². The third-order valence-corrected chi connectivity index (χ3v) is 3.91. The summed E-state index contributed by atoms with van der Waals surface area (Å²) in [6.45, 7) is 4.44. The molecule has 2 rings (SSSR count). The van der Waals surface area contributed by atoms with E-state index < -0.39 is 5.97 Å². The zero-order valence-electron chi connectivity index (χ0n) is 12.1. The van der Waals surface area contributed by atoms with Crippen molar-refractivity contribution in [2.24, 2.45) is 0 Å². The Morgan fingerprint density at radius 1 is 1.39 bits per heavy atom. The number of hydrogen-bond donors (Lipinski definition) is 1. The van der Waals surface area contributed by atoms with Gasteiger partial charge < -0.3 is 14.8 Å². The molecule has 23 heavy (non-hydrogen) atoms. The summed E-state index contributed by atoms with van der Waals surface area (Å²) < 4.78 is 10.5. The number of halogens is 2. The molecule has 1 aromatic carbocycles. The molecule has 0 bridgehead atoms. The molecule has 0 aliphatic rings. The highest BCUT2D eigenvalue weighted by molar-refractivity contribution is 7.13. The van der Waals surface area contributed by atoms with E-state index in [1.54, 1.807) is 29.7 Å². The Hall–Kier alpha value is -1.76. The molecule has 8 heteroatoms. The minimum Gasteiger partial charge on any atom is -0.488 e. The molecule has 0 saturated heterocycles. The number of ether oxygens (including phenoxy) is 2. The third kappa shape index (κ3) is 5.42. The lowest BCUT2D eigenvalue weighted by Crippen LogP contribution is -2.13. The van der Waals surface area contributed by atoms with E-state index in [1.807, 2.05) is 0 Å². The van der Waals surface area contributed by atoms with Crippen molar-refractivity contribution in [1.82, 2.24) is 4.98 Å². The average Bonchev–Trinajstić information content (AvgIpc) is 3.00. The molecule has 0 aliphatic heterocycles. The smallest absolute Gasteiger partial charge is 0.358 e. The van der Waals surface area contributed by atoms with Gasteiger partial charge in [-0.2, -0.15) is 0 Å². The lowest BCUT2D eigenvalue weighted by molar-refractivity contribution is 0.0445. The highest BCUT2D eigenvalue weighted by Gasteiger charge is 2.12. The molecule has 0 spiro atoms. The van der Waals surface area contributed by atoms with E-state index in [0.29, 0.717) is 27.5 Å². The number of nitrogens with one attached hydrogen (secondary N) is 1. The number of thiazole rings is 1.